The van der Waals surface area contributed by atoms with Crippen LogP contribution in [-0.2, 0) is 23.0 Å². The number of fused-ring (bicyclic) bond motifs is 3. The number of esters is 1. The van der Waals surface area contributed by atoms with Gasteiger partial charge in [0.1, 0.15) is 5.75 Å². The minimum atomic E-state index is -5.04. The number of rotatable bonds is 6. The first-order valence-electron chi connectivity index (χ1n) is 11.1. The van der Waals surface area contributed by atoms with Gasteiger partial charge >= 0.3 is 12.1 Å². The predicted octanol–water partition coefficient (Wildman–Crippen LogP) is 5.98. The van der Waals surface area contributed by atoms with Gasteiger partial charge in [-0.25, -0.2) is 4.79 Å². The van der Waals surface area contributed by atoms with Crippen molar-refractivity contribution in [1.29, 1.82) is 0 Å². The summed E-state index contributed by atoms with van der Waals surface area (Å²) in [6.07, 6.45) is -5.56. The summed E-state index contributed by atoms with van der Waals surface area (Å²) in [5, 5.41) is 3.81. The van der Waals surface area contributed by atoms with Gasteiger partial charge in [0.15, 0.2) is 6.23 Å². The first-order chi connectivity index (χ1) is 14.8. The van der Waals surface area contributed by atoms with Crippen LogP contribution in [0.3, 0.4) is 0 Å². The summed E-state index contributed by atoms with van der Waals surface area (Å²) in [4.78, 5) is 11.5. The van der Waals surface area contributed by atoms with Crippen molar-refractivity contribution in [3.63, 3.8) is 0 Å². The number of nitrogens with zero attached hydrogens (tertiary/aromatic N) is 1. The van der Waals surface area contributed by atoms with E-state index in [-0.39, 0.29) is 0 Å². The SMILES string of the molecule is CC(C)[Si](Oc1ccc2c(c1)c1c(n2C)C(OC(=O)C(F)(F)F)NCC1)(C(C)C)C(C)C. The molecular formula is C23H33F3N2O3Si. The van der Waals surface area contributed by atoms with E-state index in [9.17, 15) is 18.0 Å². The molecule has 9 heteroatoms. The molecule has 1 aromatic carbocycles. The van der Waals surface area contributed by atoms with Crippen LogP contribution in [-0.4, -0.2) is 31.6 Å². The Morgan fingerprint density at radius 2 is 1.72 bits per heavy atom. The number of ether oxygens (including phenoxy) is 1. The quantitative estimate of drug-likeness (QED) is 0.417. The Balaban J connectivity index is 2.05. The van der Waals surface area contributed by atoms with Crippen LogP contribution in [0.15, 0.2) is 18.2 Å². The molecule has 2 aromatic rings. The third kappa shape index (κ3) is 4.16. The van der Waals surface area contributed by atoms with Gasteiger partial charge in [0, 0.05) is 24.5 Å². The Labute approximate surface area is 188 Å². The average Bonchev–Trinajstić information content (AvgIpc) is 2.97. The van der Waals surface area contributed by atoms with Gasteiger partial charge in [-0.3, -0.25) is 5.32 Å². The Kier molecular flexibility index (Phi) is 6.73. The van der Waals surface area contributed by atoms with Crippen LogP contribution in [0, 0.1) is 0 Å². The van der Waals surface area contributed by atoms with Crippen molar-refractivity contribution in [2.24, 2.45) is 7.05 Å². The number of alkyl halides is 3. The van der Waals surface area contributed by atoms with Gasteiger partial charge in [0.25, 0.3) is 8.32 Å². The number of aromatic nitrogens is 1. The lowest BCUT2D eigenvalue weighted by Crippen LogP contribution is -2.50. The van der Waals surface area contributed by atoms with Crippen molar-refractivity contribution in [2.45, 2.75) is 77.0 Å². The van der Waals surface area contributed by atoms with E-state index >= 15 is 0 Å². The van der Waals surface area contributed by atoms with E-state index in [4.69, 9.17) is 9.16 Å². The summed E-state index contributed by atoms with van der Waals surface area (Å²) in [6, 6.07) is 5.87. The molecule has 32 heavy (non-hydrogen) atoms. The van der Waals surface area contributed by atoms with Crippen LogP contribution in [0.1, 0.15) is 59.0 Å². The molecule has 178 valence electrons. The molecule has 0 fully saturated rings. The highest BCUT2D eigenvalue weighted by Crippen LogP contribution is 2.44. The van der Waals surface area contributed by atoms with Gasteiger partial charge < -0.3 is 13.7 Å². The highest BCUT2D eigenvalue weighted by molar-refractivity contribution is 6.78. The van der Waals surface area contributed by atoms with E-state index < -0.39 is 26.7 Å². The van der Waals surface area contributed by atoms with E-state index in [1.54, 1.807) is 11.6 Å². The Bertz CT molecular complexity index is 977. The van der Waals surface area contributed by atoms with Crippen LogP contribution in [0.5, 0.6) is 5.75 Å². The van der Waals surface area contributed by atoms with Crippen molar-refractivity contribution in [2.75, 3.05) is 6.54 Å². The number of aryl methyl sites for hydroxylation is 1. The van der Waals surface area contributed by atoms with Gasteiger partial charge in [-0.1, -0.05) is 41.5 Å². The zero-order valence-corrected chi connectivity index (χ0v) is 20.8. The Morgan fingerprint density at radius 3 is 2.25 bits per heavy atom. The maximum Gasteiger partial charge on any atom is 0.490 e. The number of benzene rings is 1. The highest BCUT2D eigenvalue weighted by atomic mass is 28.4. The molecule has 1 aliphatic heterocycles. The molecule has 3 rings (SSSR count). The number of hydrogen-bond donors (Lipinski definition) is 1. The Hall–Kier alpha value is -2.00. The third-order valence-electron chi connectivity index (χ3n) is 6.74. The van der Waals surface area contributed by atoms with Crippen LogP contribution in [0.4, 0.5) is 13.2 Å². The Morgan fingerprint density at radius 1 is 1.12 bits per heavy atom. The standard InChI is InChI=1S/C23H33F3N2O3Si/c1-13(2)32(14(3)4,15(5)6)31-16-8-9-19-18(12-16)17-10-11-27-21(20(17)28(19)7)30-22(29)23(24,25)26/h8-9,12-15,21,27H,10-11H2,1-7H3. The topological polar surface area (TPSA) is 52.5 Å². The lowest BCUT2D eigenvalue weighted by Gasteiger charge is -2.42. The normalized spacial score (nSPS) is 17.3. The summed E-state index contributed by atoms with van der Waals surface area (Å²) < 4.78 is 51.7. The van der Waals surface area contributed by atoms with Crippen molar-refractivity contribution in [1.82, 2.24) is 9.88 Å². The first-order valence-corrected chi connectivity index (χ1v) is 13.3. The third-order valence-corrected chi connectivity index (χ3v) is 12.7. The fourth-order valence-electron chi connectivity index (χ4n) is 5.43. The maximum atomic E-state index is 12.8. The monoisotopic (exact) mass is 470 g/mol. The molecule has 0 aliphatic carbocycles. The van der Waals surface area contributed by atoms with Crippen molar-refractivity contribution < 1.29 is 27.1 Å². The van der Waals surface area contributed by atoms with Crippen LogP contribution >= 0.6 is 0 Å². The largest absolute Gasteiger partial charge is 0.543 e. The second-order valence-electron chi connectivity index (χ2n) is 9.51. The lowest BCUT2D eigenvalue weighted by atomic mass is 10.0. The molecule has 1 aromatic heterocycles. The van der Waals surface area contributed by atoms with Gasteiger partial charge in [-0.15, -0.1) is 0 Å². The summed E-state index contributed by atoms with van der Waals surface area (Å²) in [5.74, 6) is -1.41. The molecule has 0 spiro atoms. The molecule has 0 amide bonds. The summed E-state index contributed by atoms with van der Waals surface area (Å²) in [7, 11) is -0.378. The molecule has 1 aliphatic rings. The van der Waals surface area contributed by atoms with Crippen molar-refractivity contribution in [3.05, 3.63) is 29.5 Å². The van der Waals surface area contributed by atoms with Crippen molar-refractivity contribution >= 4 is 25.2 Å². The number of carbonyl (C=O) groups is 1. The number of nitrogens with one attached hydrogen (secondary N) is 1. The molecule has 0 saturated heterocycles. The molecule has 0 bridgehead atoms. The molecule has 5 nitrogen and oxygen atoms in total. The molecule has 0 saturated carbocycles. The molecule has 1 unspecified atom stereocenters. The second-order valence-corrected chi connectivity index (χ2v) is 14.9. The van der Waals surface area contributed by atoms with E-state index in [0.717, 1.165) is 22.2 Å². The summed E-state index contributed by atoms with van der Waals surface area (Å²) in [6.45, 7) is 13.7. The van der Waals surface area contributed by atoms with Crippen LogP contribution in [0.2, 0.25) is 16.6 Å². The van der Waals surface area contributed by atoms with Crippen molar-refractivity contribution in [3.8, 4) is 5.75 Å². The zero-order chi connectivity index (χ0) is 24.0. The van der Waals surface area contributed by atoms with Gasteiger partial charge in [0.05, 0.1) is 5.69 Å². The van der Waals surface area contributed by atoms with E-state index in [1.807, 2.05) is 18.2 Å². The van der Waals surface area contributed by atoms with Crippen LogP contribution in [0.25, 0.3) is 10.9 Å². The molecule has 0 radical (unpaired) electrons. The number of hydrogen-bond acceptors (Lipinski definition) is 4. The number of halogens is 3. The highest BCUT2D eigenvalue weighted by Gasteiger charge is 2.47. The molecule has 2 heterocycles. The minimum Gasteiger partial charge on any atom is -0.543 e. The second kappa shape index (κ2) is 8.74. The number of carbonyl (C=O) groups excluding carboxylic acids is 1. The fourth-order valence-corrected chi connectivity index (χ4v) is 10.7. The van der Waals surface area contributed by atoms with Gasteiger partial charge in [-0.2, -0.15) is 13.2 Å². The zero-order valence-electron chi connectivity index (χ0n) is 19.8. The van der Waals surface area contributed by atoms with E-state index in [2.05, 4.69) is 46.9 Å². The maximum absolute atomic E-state index is 12.8. The fraction of sp³-hybridized carbons (Fsp3) is 0.609. The molecule has 1 N–H and O–H groups in total. The van der Waals surface area contributed by atoms with Gasteiger partial charge in [0.2, 0.25) is 0 Å². The van der Waals surface area contributed by atoms with Crippen LogP contribution < -0.4 is 9.74 Å². The van der Waals surface area contributed by atoms with Gasteiger partial charge in [-0.05, 0) is 46.8 Å². The summed E-state index contributed by atoms with van der Waals surface area (Å²) in [5.41, 5.74) is 3.54. The average molecular weight is 471 g/mol. The first kappa shape index (κ1) is 24.6. The molecular weight excluding hydrogens is 437 g/mol. The van der Waals surface area contributed by atoms with E-state index in [1.165, 1.54) is 0 Å². The predicted molar refractivity (Wildman–Crippen MR) is 121 cm³/mol. The smallest absolute Gasteiger partial charge is 0.490 e. The lowest BCUT2D eigenvalue weighted by molar-refractivity contribution is -0.207. The summed E-state index contributed by atoms with van der Waals surface area (Å²) >= 11 is 0. The minimum absolute atomic E-state index is 0.412. The van der Waals surface area contributed by atoms with E-state index in [0.29, 0.717) is 35.3 Å². The molecule has 1 atom stereocenters.